The van der Waals surface area contributed by atoms with Gasteiger partial charge in [-0.2, -0.15) is 5.10 Å². The van der Waals surface area contributed by atoms with Gasteiger partial charge in [0.05, 0.1) is 19.2 Å². The van der Waals surface area contributed by atoms with Gasteiger partial charge in [0.25, 0.3) is 0 Å². The van der Waals surface area contributed by atoms with E-state index in [0.717, 1.165) is 30.5 Å². The Bertz CT molecular complexity index is 1010. The van der Waals surface area contributed by atoms with Crippen LogP contribution in [0.4, 0.5) is 0 Å². The Kier molecular flexibility index (Phi) is 7.70. The average Bonchev–Trinajstić information content (AvgIpc) is 3.19. The Morgan fingerprint density at radius 3 is 2.65 bits per heavy atom. The third-order valence-corrected chi connectivity index (χ3v) is 4.74. The Labute approximate surface area is 183 Å². The first kappa shape index (κ1) is 22.4. The smallest absolute Gasteiger partial charge is 0.307 e. The van der Waals surface area contributed by atoms with E-state index in [1.807, 2.05) is 48.3 Å². The summed E-state index contributed by atoms with van der Waals surface area (Å²) in [6.07, 6.45) is 5.77. The molecular weight excluding hydrogens is 392 g/mol. The largest absolute Gasteiger partial charge is 0.493 e. The van der Waals surface area contributed by atoms with Crippen molar-refractivity contribution in [3.63, 3.8) is 0 Å². The molecule has 0 aliphatic carbocycles. The minimum atomic E-state index is -0.893. The number of aryl methyl sites for hydroxylation is 1. The van der Waals surface area contributed by atoms with E-state index >= 15 is 0 Å². The summed E-state index contributed by atoms with van der Waals surface area (Å²) in [5.74, 6) is 1.57. The van der Waals surface area contributed by atoms with E-state index in [1.54, 1.807) is 18.2 Å². The van der Waals surface area contributed by atoms with Gasteiger partial charge in [0.1, 0.15) is 17.2 Å². The van der Waals surface area contributed by atoms with Crippen LogP contribution in [0.2, 0.25) is 0 Å². The van der Waals surface area contributed by atoms with E-state index in [-0.39, 0.29) is 6.42 Å². The normalized spacial score (nSPS) is 11.0. The van der Waals surface area contributed by atoms with Crippen LogP contribution in [-0.2, 0) is 17.8 Å². The number of carboxylic acids is 1. The molecule has 6 heteroatoms. The number of hydrogen-bond acceptors (Lipinski definition) is 4. The van der Waals surface area contributed by atoms with Crippen LogP contribution in [-0.4, -0.2) is 27.5 Å². The lowest BCUT2D eigenvalue weighted by atomic mass is 10.1. The minimum absolute atomic E-state index is 0.0880. The lowest BCUT2D eigenvalue weighted by molar-refractivity contribution is -0.136. The maximum absolute atomic E-state index is 11.2. The molecule has 0 spiro atoms. The molecule has 0 aliphatic rings. The molecule has 0 unspecified atom stereocenters. The second-order valence-corrected chi connectivity index (χ2v) is 8.04. The number of benzene rings is 2. The zero-order valence-electron chi connectivity index (χ0n) is 18.4. The Morgan fingerprint density at radius 1 is 1.10 bits per heavy atom. The highest BCUT2D eigenvalue weighted by Gasteiger charge is 2.09. The van der Waals surface area contributed by atoms with Gasteiger partial charge in [0.2, 0.25) is 0 Å². The highest BCUT2D eigenvalue weighted by molar-refractivity contribution is 5.70. The van der Waals surface area contributed by atoms with Gasteiger partial charge >= 0.3 is 5.97 Å². The van der Waals surface area contributed by atoms with Crippen molar-refractivity contribution in [1.82, 2.24) is 9.78 Å². The number of aromatic nitrogens is 2. The monoisotopic (exact) mass is 422 g/mol. The molecule has 2 aromatic carbocycles. The summed E-state index contributed by atoms with van der Waals surface area (Å²) in [7, 11) is 0. The Hall–Kier alpha value is -3.28. The number of hydrogen-bond donors (Lipinski definition) is 1. The SMILES string of the molecule is CCCOc1cc(CC(=O)O)cc(Oc2cccc(-c3cnn(CCC(C)C)c3)c2)c1. The first-order chi connectivity index (χ1) is 14.9. The summed E-state index contributed by atoms with van der Waals surface area (Å²) in [4.78, 5) is 11.2. The molecular formula is C25H30N2O4. The van der Waals surface area contributed by atoms with Crippen LogP contribution in [0.15, 0.2) is 54.9 Å². The summed E-state index contributed by atoms with van der Waals surface area (Å²) in [5, 5.41) is 13.6. The van der Waals surface area contributed by atoms with E-state index in [2.05, 4.69) is 18.9 Å². The van der Waals surface area contributed by atoms with Crippen LogP contribution in [0.25, 0.3) is 11.1 Å². The fraction of sp³-hybridized carbons (Fsp3) is 0.360. The maximum atomic E-state index is 11.2. The van der Waals surface area contributed by atoms with Crippen molar-refractivity contribution in [2.45, 2.75) is 46.6 Å². The van der Waals surface area contributed by atoms with E-state index in [9.17, 15) is 4.79 Å². The molecule has 0 saturated carbocycles. The minimum Gasteiger partial charge on any atom is -0.493 e. The van der Waals surface area contributed by atoms with Crippen LogP contribution < -0.4 is 9.47 Å². The Balaban J connectivity index is 1.79. The summed E-state index contributed by atoms with van der Waals surface area (Å²) >= 11 is 0. The van der Waals surface area contributed by atoms with Crippen molar-refractivity contribution in [1.29, 1.82) is 0 Å². The molecule has 1 heterocycles. The van der Waals surface area contributed by atoms with Crippen molar-refractivity contribution in [3.05, 3.63) is 60.4 Å². The van der Waals surface area contributed by atoms with Gasteiger partial charge in [-0.3, -0.25) is 9.48 Å². The molecule has 31 heavy (non-hydrogen) atoms. The van der Waals surface area contributed by atoms with Gasteiger partial charge in [-0.15, -0.1) is 0 Å². The maximum Gasteiger partial charge on any atom is 0.307 e. The molecule has 6 nitrogen and oxygen atoms in total. The van der Waals surface area contributed by atoms with Crippen LogP contribution in [0.5, 0.6) is 17.2 Å². The molecule has 0 amide bonds. The van der Waals surface area contributed by atoms with E-state index < -0.39 is 5.97 Å². The van der Waals surface area contributed by atoms with E-state index in [4.69, 9.17) is 14.6 Å². The highest BCUT2D eigenvalue weighted by Crippen LogP contribution is 2.30. The van der Waals surface area contributed by atoms with Crippen LogP contribution in [0.1, 0.15) is 39.2 Å². The van der Waals surface area contributed by atoms with Gasteiger partial charge in [0.15, 0.2) is 0 Å². The molecule has 0 bridgehead atoms. The second kappa shape index (κ2) is 10.7. The van der Waals surface area contributed by atoms with E-state index in [0.29, 0.717) is 35.3 Å². The highest BCUT2D eigenvalue weighted by atomic mass is 16.5. The number of aliphatic carboxylic acids is 1. The third kappa shape index (κ3) is 6.88. The zero-order valence-corrected chi connectivity index (χ0v) is 18.4. The summed E-state index contributed by atoms with van der Waals surface area (Å²) < 4.78 is 13.7. The number of ether oxygens (including phenoxy) is 2. The van der Waals surface area contributed by atoms with Gasteiger partial charge in [-0.25, -0.2) is 0 Å². The number of carbonyl (C=O) groups is 1. The predicted molar refractivity (Wildman–Crippen MR) is 121 cm³/mol. The molecule has 0 radical (unpaired) electrons. The standard InChI is InChI=1S/C25H30N2O4/c1-4-10-30-23-11-19(13-25(28)29)12-24(15-23)31-22-7-5-6-20(14-22)21-16-26-27(17-21)9-8-18(2)3/h5-7,11-12,14-18H,4,8-10,13H2,1-3H3,(H,28,29). The molecule has 1 aromatic heterocycles. The molecule has 0 fully saturated rings. The Morgan fingerprint density at radius 2 is 1.90 bits per heavy atom. The quantitative estimate of drug-likeness (QED) is 0.422. The second-order valence-electron chi connectivity index (χ2n) is 8.04. The lowest BCUT2D eigenvalue weighted by Gasteiger charge is -2.12. The molecule has 1 N–H and O–H groups in total. The first-order valence-electron chi connectivity index (χ1n) is 10.7. The molecule has 0 saturated heterocycles. The summed E-state index contributed by atoms with van der Waals surface area (Å²) in [6.45, 7) is 7.89. The van der Waals surface area contributed by atoms with Crippen LogP contribution in [0, 0.1) is 5.92 Å². The van der Waals surface area contributed by atoms with Crippen LogP contribution in [0.3, 0.4) is 0 Å². The van der Waals surface area contributed by atoms with Gasteiger partial charge < -0.3 is 14.6 Å². The molecule has 3 rings (SSSR count). The third-order valence-electron chi connectivity index (χ3n) is 4.74. The van der Waals surface area contributed by atoms with Crippen LogP contribution >= 0.6 is 0 Å². The summed E-state index contributed by atoms with van der Waals surface area (Å²) in [5.41, 5.74) is 2.68. The van der Waals surface area contributed by atoms with E-state index in [1.165, 1.54) is 0 Å². The number of nitrogens with zero attached hydrogens (tertiary/aromatic N) is 2. The molecule has 3 aromatic rings. The number of carboxylic acid groups (broad SMARTS) is 1. The molecule has 0 atom stereocenters. The number of rotatable bonds is 11. The first-order valence-corrected chi connectivity index (χ1v) is 10.7. The van der Waals surface area contributed by atoms with Crippen molar-refractivity contribution < 1.29 is 19.4 Å². The fourth-order valence-electron chi connectivity index (χ4n) is 3.17. The van der Waals surface area contributed by atoms with Crippen molar-refractivity contribution in [3.8, 4) is 28.4 Å². The van der Waals surface area contributed by atoms with Gasteiger partial charge in [-0.05, 0) is 54.2 Å². The van der Waals surface area contributed by atoms with Gasteiger partial charge in [-0.1, -0.05) is 32.9 Å². The average molecular weight is 423 g/mol. The van der Waals surface area contributed by atoms with Crippen molar-refractivity contribution in [2.75, 3.05) is 6.61 Å². The topological polar surface area (TPSA) is 73.6 Å². The van der Waals surface area contributed by atoms with Crippen molar-refractivity contribution >= 4 is 5.97 Å². The summed E-state index contributed by atoms with van der Waals surface area (Å²) in [6, 6.07) is 13.1. The lowest BCUT2D eigenvalue weighted by Crippen LogP contribution is -2.02. The molecule has 164 valence electrons. The van der Waals surface area contributed by atoms with Gasteiger partial charge in [0, 0.05) is 24.4 Å². The van der Waals surface area contributed by atoms with Crippen molar-refractivity contribution in [2.24, 2.45) is 5.92 Å². The zero-order chi connectivity index (χ0) is 22.2. The predicted octanol–water partition coefficient (Wildman–Crippen LogP) is 5.80. The fourth-order valence-corrected chi connectivity index (χ4v) is 3.17. The molecule has 0 aliphatic heterocycles.